The zero-order chi connectivity index (χ0) is 21.4. The number of amides is 3. The molecule has 29 heavy (non-hydrogen) atoms. The first-order chi connectivity index (χ1) is 13.7. The molecule has 1 aromatic heterocycles. The molecule has 10 heteroatoms. The van der Waals surface area contributed by atoms with Gasteiger partial charge in [-0.3, -0.25) is 14.4 Å². The fraction of sp³-hybridized carbons (Fsp3) is 0.316. The number of rotatable bonds is 8. The first kappa shape index (κ1) is 22.4. The Kier molecular flexibility index (Phi) is 7.77. The smallest absolute Gasteiger partial charge is 0.351 e. The minimum absolute atomic E-state index is 0.0355. The Morgan fingerprint density at radius 1 is 1.17 bits per heavy atom. The molecule has 0 atom stereocenters. The highest BCUT2D eigenvalue weighted by Crippen LogP contribution is 2.21. The molecule has 0 saturated heterocycles. The Bertz CT molecular complexity index is 854. The third kappa shape index (κ3) is 6.90. The van der Waals surface area contributed by atoms with Crippen molar-refractivity contribution < 1.29 is 27.6 Å². The molecule has 1 heterocycles. The SMILES string of the molecule is CCN(Cc1cccc(NC(=O)CCNC(=O)c2ccsc2)c1)C(=O)C(F)(F)F. The van der Waals surface area contributed by atoms with Gasteiger partial charge in [-0.05, 0) is 36.1 Å². The summed E-state index contributed by atoms with van der Waals surface area (Å²) in [5.41, 5.74) is 1.37. The normalized spacial score (nSPS) is 11.0. The van der Waals surface area contributed by atoms with Crippen LogP contribution in [0.4, 0.5) is 18.9 Å². The van der Waals surface area contributed by atoms with Crippen LogP contribution in [0.3, 0.4) is 0 Å². The van der Waals surface area contributed by atoms with Crippen molar-refractivity contribution in [2.24, 2.45) is 0 Å². The minimum Gasteiger partial charge on any atom is -0.351 e. The van der Waals surface area contributed by atoms with Crippen LogP contribution in [0, 0.1) is 0 Å². The van der Waals surface area contributed by atoms with E-state index in [4.69, 9.17) is 0 Å². The van der Waals surface area contributed by atoms with Gasteiger partial charge >= 0.3 is 12.1 Å². The largest absolute Gasteiger partial charge is 0.471 e. The van der Waals surface area contributed by atoms with Gasteiger partial charge in [0, 0.05) is 42.7 Å². The first-order valence-electron chi connectivity index (χ1n) is 8.76. The van der Waals surface area contributed by atoms with Crippen molar-refractivity contribution in [2.75, 3.05) is 18.4 Å². The Hall–Kier alpha value is -2.88. The number of benzene rings is 1. The van der Waals surface area contributed by atoms with Crippen molar-refractivity contribution in [3.8, 4) is 0 Å². The number of hydrogen-bond acceptors (Lipinski definition) is 4. The molecule has 3 amide bonds. The molecule has 0 bridgehead atoms. The van der Waals surface area contributed by atoms with E-state index >= 15 is 0 Å². The number of nitrogens with one attached hydrogen (secondary N) is 2. The van der Waals surface area contributed by atoms with Crippen LogP contribution in [0.1, 0.15) is 29.3 Å². The summed E-state index contributed by atoms with van der Waals surface area (Å²) in [4.78, 5) is 35.9. The van der Waals surface area contributed by atoms with Gasteiger partial charge in [0.25, 0.3) is 5.91 Å². The Balaban J connectivity index is 1.87. The van der Waals surface area contributed by atoms with Gasteiger partial charge in [0.1, 0.15) is 0 Å². The van der Waals surface area contributed by atoms with Gasteiger partial charge in [-0.15, -0.1) is 0 Å². The average Bonchev–Trinajstić information content (AvgIpc) is 3.20. The summed E-state index contributed by atoms with van der Waals surface area (Å²) >= 11 is 1.39. The van der Waals surface area contributed by atoms with Crippen molar-refractivity contribution in [2.45, 2.75) is 26.1 Å². The fourth-order valence-electron chi connectivity index (χ4n) is 2.48. The van der Waals surface area contributed by atoms with Gasteiger partial charge in [-0.2, -0.15) is 24.5 Å². The summed E-state index contributed by atoms with van der Waals surface area (Å²) in [6.07, 6.45) is -4.90. The second kappa shape index (κ2) is 10.1. The van der Waals surface area contributed by atoms with Gasteiger partial charge in [-0.25, -0.2) is 0 Å². The van der Waals surface area contributed by atoms with Crippen LogP contribution < -0.4 is 10.6 Å². The molecule has 1 aromatic carbocycles. The predicted octanol–water partition coefficient (Wildman–Crippen LogP) is 3.42. The lowest BCUT2D eigenvalue weighted by Crippen LogP contribution is -2.40. The summed E-state index contributed by atoms with van der Waals surface area (Å²) in [6.45, 7) is 1.28. The van der Waals surface area contributed by atoms with E-state index in [9.17, 15) is 27.6 Å². The van der Waals surface area contributed by atoms with E-state index in [1.165, 1.54) is 24.3 Å². The molecule has 0 aliphatic rings. The molecule has 6 nitrogen and oxygen atoms in total. The monoisotopic (exact) mass is 427 g/mol. The van der Waals surface area contributed by atoms with Crippen LogP contribution in [0.25, 0.3) is 0 Å². The quantitative estimate of drug-likeness (QED) is 0.678. The summed E-state index contributed by atoms with van der Waals surface area (Å²) in [5.74, 6) is -2.53. The van der Waals surface area contributed by atoms with E-state index in [1.54, 1.807) is 35.0 Å². The zero-order valence-corrected chi connectivity index (χ0v) is 16.4. The van der Waals surface area contributed by atoms with E-state index in [0.717, 1.165) is 0 Å². The number of hydrogen-bond donors (Lipinski definition) is 2. The number of nitrogens with zero attached hydrogens (tertiary/aromatic N) is 1. The number of carbonyl (C=O) groups is 3. The predicted molar refractivity (Wildman–Crippen MR) is 103 cm³/mol. The van der Waals surface area contributed by atoms with E-state index in [2.05, 4.69) is 10.6 Å². The highest BCUT2D eigenvalue weighted by Gasteiger charge is 2.41. The second-order valence-electron chi connectivity index (χ2n) is 6.08. The average molecular weight is 427 g/mol. The molecule has 0 spiro atoms. The van der Waals surface area contributed by atoms with E-state index in [-0.39, 0.29) is 37.9 Å². The van der Waals surface area contributed by atoms with Crippen LogP contribution in [0.5, 0.6) is 0 Å². The number of carbonyl (C=O) groups excluding carboxylic acids is 3. The third-order valence-electron chi connectivity index (χ3n) is 3.92. The van der Waals surface area contributed by atoms with Gasteiger partial charge in [0.15, 0.2) is 0 Å². The Morgan fingerprint density at radius 3 is 2.55 bits per heavy atom. The van der Waals surface area contributed by atoms with Crippen molar-refractivity contribution in [1.82, 2.24) is 10.2 Å². The van der Waals surface area contributed by atoms with Crippen LogP contribution in [-0.2, 0) is 16.1 Å². The van der Waals surface area contributed by atoms with Crippen molar-refractivity contribution in [1.29, 1.82) is 0 Å². The first-order valence-corrected chi connectivity index (χ1v) is 9.70. The lowest BCUT2D eigenvalue weighted by atomic mass is 10.1. The fourth-order valence-corrected chi connectivity index (χ4v) is 3.12. The molecule has 2 rings (SSSR count). The highest BCUT2D eigenvalue weighted by atomic mass is 32.1. The highest BCUT2D eigenvalue weighted by molar-refractivity contribution is 7.08. The van der Waals surface area contributed by atoms with Gasteiger partial charge < -0.3 is 15.5 Å². The number of anilines is 1. The molecular weight excluding hydrogens is 407 g/mol. The summed E-state index contributed by atoms with van der Waals surface area (Å²) in [5, 5.41) is 8.73. The maximum absolute atomic E-state index is 12.6. The van der Waals surface area contributed by atoms with Crippen molar-refractivity contribution in [3.63, 3.8) is 0 Å². The molecule has 2 aromatic rings. The molecule has 0 aliphatic carbocycles. The molecule has 2 N–H and O–H groups in total. The van der Waals surface area contributed by atoms with Crippen LogP contribution in [0.2, 0.25) is 0 Å². The van der Waals surface area contributed by atoms with Gasteiger partial charge in [0.2, 0.25) is 5.91 Å². The molecule has 0 radical (unpaired) electrons. The number of halogens is 3. The maximum Gasteiger partial charge on any atom is 0.471 e. The molecule has 156 valence electrons. The summed E-state index contributed by atoms with van der Waals surface area (Å²) in [7, 11) is 0. The number of thiophene rings is 1. The number of alkyl halides is 3. The second-order valence-corrected chi connectivity index (χ2v) is 6.86. The summed E-state index contributed by atoms with van der Waals surface area (Å²) < 4.78 is 37.9. The van der Waals surface area contributed by atoms with E-state index in [1.807, 2.05) is 0 Å². The Labute approximate surface area is 169 Å². The minimum atomic E-state index is -4.94. The van der Waals surface area contributed by atoms with Gasteiger partial charge in [-0.1, -0.05) is 12.1 Å². The van der Waals surface area contributed by atoms with Gasteiger partial charge in [0.05, 0.1) is 0 Å². The Morgan fingerprint density at radius 2 is 1.93 bits per heavy atom. The van der Waals surface area contributed by atoms with Crippen LogP contribution >= 0.6 is 11.3 Å². The molecule has 0 fully saturated rings. The van der Waals surface area contributed by atoms with Crippen molar-refractivity contribution >= 4 is 34.7 Å². The lowest BCUT2D eigenvalue weighted by Gasteiger charge is -2.22. The van der Waals surface area contributed by atoms with Crippen LogP contribution in [-0.4, -0.2) is 41.9 Å². The topological polar surface area (TPSA) is 78.5 Å². The van der Waals surface area contributed by atoms with Crippen molar-refractivity contribution in [3.05, 3.63) is 52.2 Å². The van der Waals surface area contributed by atoms with Crippen LogP contribution in [0.15, 0.2) is 41.1 Å². The molecule has 0 unspecified atom stereocenters. The lowest BCUT2D eigenvalue weighted by molar-refractivity contribution is -0.185. The molecule has 0 aliphatic heterocycles. The molecule has 0 saturated carbocycles. The van der Waals surface area contributed by atoms with E-state index in [0.29, 0.717) is 21.7 Å². The maximum atomic E-state index is 12.6. The molecular formula is C19H20F3N3O3S. The standard InChI is InChI=1S/C19H20F3N3O3S/c1-2-25(18(28)19(20,21)22)11-13-4-3-5-15(10-13)24-16(26)6-8-23-17(27)14-7-9-29-12-14/h3-5,7,9-10,12H,2,6,8,11H2,1H3,(H,23,27)(H,24,26). The summed E-state index contributed by atoms with van der Waals surface area (Å²) in [6, 6.07) is 7.92. The van der Waals surface area contributed by atoms with E-state index < -0.39 is 12.1 Å². The zero-order valence-electron chi connectivity index (χ0n) is 15.6. The third-order valence-corrected chi connectivity index (χ3v) is 4.60.